The molecule has 0 aromatic carbocycles. The molecule has 0 saturated heterocycles. The molecule has 0 aliphatic carbocycles. The highest BCUT2D eigenvalue weighted by atomic mass is 15.1. The molecule has 56 valence electrons. The Morgan fingerprint density at radius 3 is 1.67 bits per heavy atom. The van der Waals surface area contributed by atoms with Gasteiger partial charge in [0.15, 0.2) is 0 Å². The normalized spacial score (nSPS) is 11.3. The van der Waals surface area contributed by atoms with Crippen LogP contribution >= 0.6 is 0 Å². The molecule has 0 bridgehead atoms. The zero-order valence-electron chi connectivity index (χ0n) is 6.86. The zero-order chi connectivity index (χ0) is 7.28. The van der Waals surface area contributed by atoms with Crippen molar-refractivity contribution in [2.24, 2.45) is 5.92 Å². The quantitative estimate of drug-likeness (QED) is 0.550. The van der Waals surface area contributed by atoms with E-state index in [1.807, 2.05) is 14.1 Å². The van der Waals surface area contributed by atoms with Crippen LogP contribution in [-0.4, -0.2) is 20.3 Å². The topological polar surface area (TPSA) is 24.1 Å². The third-order valence-electron chi connectivity index (χ3n) is 1.40. The summed E-state index contributed by atoms with van der Waals surface area (Å²) in [5, 5.41) is 6.34. The summed E-state index contributed by atoms with van der Waals surface area (Å²) in [7, 11) is 3.95. The van der Waals surface area contributed by atoms with Crippen LogP contribution in [0.5, 0.6) is 0 Å². The zero-order valence-corrected chi connectivity index (χ0v) is 6.86. The number of rotatable bonds is 4. The van der Waals surface area contributed by atoms with E-state index in [0.717, 1.165) is 5.92 Å². The molecule has 0 radical (unpaired) electrons. The minimum atomic E-state index is 0.477. The van der Waals surface area contributed by atoms with Gasteiger partial charge in [0.2, 0.25) is 0 Å². The minimum Gasteiger partial charge on any atom is -0.305 e. The smallest absolute Gasteiger partial charge is 0.0569 e. The Labute approximate surface area is 58.0 Å². The fourth-order valence-electron chi connectivity index (χ4n) is 0.851. The van der Waals surface area contributed by atoms with Crippen LogP contribution < -0.4 is 10.6 Å². The number of hydrogen-bond donors (Lipinski definition) is 2. The molecule has 0 amide bonds. The maximum Gasteiger partial charge on any atom is 0.0569 e. The van der Waals surface area contributed by atoms with Gasteiger partial charge in [0, 0.05) is 0 Å². The van der Waals surface area contributed by atoms with E-state index in [1.165, 1.54) is 6.42 Å². The summed E-state index contributed by atoms with van der Waals surface area (Å²) in [4.78, 5) is 0. The third kappa shape index (κ3) is 4.43. The molecule has 0 rings (SSSR count). The molecule has 0 aromatic rings. The molecule has 9 heavy (non-hydrogen) atoms. The van der Waals surface area contributed by atoms with Gasteiger partial charge in [0.25, 0.3) is 0 Å². The van der Waals surface area contributed by atoms with Crippen LogP contribution in [0.2, 0.25) is 0 Å². The summed E-state index contributed by atoms with van der Waals surface area (Å²) in [6.45, 7) is 4.45. The maximum absolute atomic E-state index is 3.17. The molecule has 2 N–H and O–H groups in total. The van der Waals surface area contributed by atoms with Gasteiger partial charge in [0.1, 0.15) is 0 Å². The van der Waals surface area contributed by atoms with E-state index < -0.39 is 0 Å². The fourth-order valence-corrected chi connectivity index (χ4v) is 0.851. The van der Waals surface area contributed by atoms with Crippen molar-refractivity contribution in [3.05, 3.63) is 0 Å². The van der Waals surface area contributed by atoms with E-state index in [4.69, 9.17) is 0 Å². The molecule has 2 heteroatoms. The van der Waals surface area contributed by atoms with Crippen LogP contribution in [-0.2, 0) is 0 Å². The Balaban J connectivity index is 3.31. The van der Waals surface area contributed by atoms with Crippen LogP contribution in [0.25, 0.3) is 0 Å². The van der Waals surface area contributed by atoms with E-state index in [9.17, 15) is 0 Å². The average Bonchev–Trinajstić information content (AvgIpc) is 1.82. The molecule has 0 atom stereocenters. The van der Waals surface area contributed by atoms with Gasteiger partial charge in [-0.3, -0.25) is 0 Å². The summed E-state index contributed by atoms with van der Waals surface area (Å²) in [5.41, 5.74) is 0. The van der Waals surface area contributed by atoms with E-state index in [-0.39, 0.29) is 0 Å². The molecule has 0 unspecified atom stereocenters. The first-order chi connectivity index (χ1) is 4.20. The summed E-state index contributed by atoms with van der Waals surface area (Å²) in [5.74, 6) is 0.759. The first-order valence-corrected chi connectivity index (χ1v) is 3.55. The first kappa shape index (κ1) is 8.92. The molecule has 0 saturated carbocycles. The largest absolute Gasteiger partial charge is 0.305 e. The molecule has 0 fully saturated rings. The van der Waals surface area contributed by atoms with E-state index in [1.54, 1.807) is 0 Å². The summed E-state index contributed by atoms with van der Waals surface area (Å²) < 4.78 is 0. The van der Waals surface area contributed by atoms with Crippen molar-refractivity contribution in [2.75, 3.05) is 14.1 Å². The Bertz CT molecular complexity index is 57.9. The van der Waals surface area contributed by atoms with E-state index >= 15 is 0 Å². The van der Waals surface area contributed by atoms with Crippen molar-refractivity contribution in [1.82, 2.24) is 10.6 Å². The van der Waals surface area contributed by atoms with Gasteiger partial charge in [0.05, 0.1) is 6.17 Å². The Morgan fingerprint density at radius 1 is 1.11 bits per heavy atom. The summed E-state index contributed by atoms with van der Waals surface area (Å²) in [6.07, 6.45) is 1.66. The maximum atomic E-state index is 3.17. The molecule has 0 heterocycles. The number of nitrogens with one attached hydrogen (secondary N) is 2. The van der Waals surface area contributed by atoms with Crippen molar-refractivity contribution >= 4 is 0 Å². The minimum absolute atomic E-state index is 0.477. The molecular formula is C7H18N2. The van der Waals surface area contributed by atoms with Crippen molar-refractivity contribution in [3.8, 4) is 0 Å². The van der Waals surface area contributed by atoms with Gasteiger partial charge >= 0.3 is 0 Å². The molecule has 0 spiro atoms. The third-order valence-corrected chi connectivity index (χ3v) is 1.40. The van der Waals surface area contributed by atoms with Crippen LogP contribution in [0, 0.1) is 5.92 Å². The number of hydrogen-bond acceptors (Lipinski definition) is 2. The standard InChI is InChI=1S/C7H18N2/c1-6(2)5-7(8-3)9-4/h6-9H,5H2,1-4H3. The van der Waals surface area contributed by atoms with Gasteiger partial charge in [-0.05, 0) is 26.4 Å². The lowest BCUT2D eigenvalue weighted by molar-refractivity contribution is 0.401. The van der Waals surface area contributed by atoms with Gasteiger partial charge in [-0.2, -0.15) is 0 Å². The second-order valence-corrected chi connectivity index (χ2v) is 2.76. The Morgan fingerprint density at radius 2 is 1.56 bits per heavy atom. The SMILES string of the molecule is CNC(CC(C)C)NC. The van der Waals surface area contributed by atoms with Crippen LogP contribution in [0.3, 0.4) is 0 Å². The molecule has 0 aliphatic rings. The predicted octanol–water partition coefficient (Wildman–Crippen LogP) is 0.797. The fraction of sp³-hybridized carbons (Fsp3) is 1.00. The van der Waals surface area contributed by atoms with Crippen molar-refractivity contribution in [1.29, 1.82) is 0 Å². The summed E-state index contributed by atoms with van der Waals surface area (Å²) in [6, 6.07) is 0. The molecule has 0 aliphatic heterocycles. The lowest BCUT2D eigenvalue weighted by atomic mass is 10.1. The predicted molar refractivity (Wildman–Crippen MR) is 41.4 cm³/mol. The van der Waals surface area contributed by atoms with Gasteiger partial charge in [-0.1, -0.05) is 13.8 Å². The van der Waals surface area contributed by atoms with Crippen LogP contribution in [0.1, 0.15) is 20.3 Å². The van der Waals surface area contributed by atoms with Gasteiger partial charge in [-0.15, -0.1) is 0 Å². The first-order valence-electron chi connectivity index (χ1n) is 3.55. The van der Waals surface area contributed by atoms with Crippen LogP contribution in [0.4, 0.5) is 0 Å². The molecular weight excluding hydrogens is 112 g/mol. The average molecular weight is 130 g/mol. The second-order valence-electron chi connectivity index (χ2n) is 2.76. The van der Waals surface area contributed by atoms with Crippen LogP contribution in [0.15, 0.2) is 0 Å². The van der Waals surface area contributed by atoms with Crippen molar-refractivity contribution < 1.29 is 0 Å². The highest BCUT2D eigenvalue weighted by Crippen LogP contribution is 2.00. The molecule has 0 aromatic heterocycles. The monoisotopic (exact) mass is 130 g/mol. The lowest BCUT2D eigenvalue weighted by Gasteiger charge is -2.16. The van der Waals surface area contributed by atoms with E-state index in [2.05, 4.69) is 24.5 Å². The highest BCUT2D eigenvalue weighted by molar-refractivity contribution is 4.60. The Hall–Kier alpha value is -0.0800. The van der Waals surface area contributed by atoms with E-state index in [0.29, 0.717) is 6.17 Å². The van der Waals surface area contributed by atoms with Crippen molar-refractivity contribution in [3.63, 3.8) is 0 Å². The summed E-state index contributed by atoms with van der Waals surface area (Å²) >= 11 is 0. The lowest BCUT2D eigenvalue weighted by Crippen LogP contribution is -2.38. The van der Waals surface area contributed by atoms with Gasteiger partial charge in [-0.25, -0.2) is 0 Å². The molecule has 2 nitrogen and oxygen atoms in total. The van der Waals surface area contributed by atoms with Gasteiger partial charge < -0.3 is 10.6 Å². The highest BCUT2D eigenvalue weighted by Gasteiger charge is 2.03. The second kappa shape index (κ2) is 4.77. The van der Waals surface area contributed by atoms with Crippen molar-refractivity contribution in [2.45, 2.75) is 26.4 Å². The Kier molecular flexibility index (Phi) is 4.72.